The summed E-state index contributed by atoms with van der Waals surface area (Å²) in [5, 5.41) is 4.75. The Morgan fingerprint density at radius 1 is 1.06 bits per heavy atom. The highest BCUT2D eigenvalue weighted by atomic mass is 35.5. The van der Waals surface area contributed by atoms with Crippen LogP contribution in [0.1, 0.15) is 30.7 Å². The van der Waals surface area contributed by atoms with Crippen LogP contribution in [0.25, 0.3) is 0 Å². The van der Waals surface area contributed by atoms with Gasteiger partial charge in [0.25, 0.3) is 0 Å². The minimum Gasteiger partial charge on any atom is -0.494 e. The predicted octanol–water partition coefficient (Wildman–Crippen LogP) is 4.83. The quantitative estimate of drug-likeness (QED) is 0.550. The molecular weight excluding hydrogens is 431 g/mol. The molecule has 0 amide bonds. The molecule has 0 spiro atoms. The van der Waals surface area contributed by atoms with E-state index in [2.05, 4.69) is 33.3 Å². The first-order valence-corrected chi connectivity index (χ1v) is 12.0. The van der Waals surface area contributed by atoms with Crippen molar-refractivity contribution in [1.29, 1.82) is 0 Å². The largest absolute Gasteiger partial charge is 0.494 e. The van der Waals surface area contributed by atoms with Crippen molar-refractivity contribution in [3.05, 3.63) is 52.0 Å². The van der Waals surface area contributed by atoms with Crippen LogP contribution in [0.3, 0.4) is 0 Å². The minimum atomic E-state index is 0.459. The van der Waals surface area contributed by atoms with Gasteiger partial charge in [0.05, 0.1) is 22.3 Å². The second-order valence-corrected chi connectivity index (χ2v) is 9.14. The third-order valence-electron chi connectivity index (χ3n) is 6.34. The zero-order valence-corrected chi connectivity index (χ0v) is 19.5. The molecule has 1 unspecified atom stereocenters. The Hall–Kier alpha value is -1.66. The molecule has 3 N–H and O–H groups in total. The predicted molar refractivity (Wildman–Crippen MR) is 131 cm³/mol. The summed E-state index contributed by atoms with van der Waals surface area (Å²) in [6.45, 7) is 7.57. The third kappa shape index (κ3) is 5.58. The van der Waals surface area contributed by atoms with Gasteiger partial charge in [0.15, 0.2) is 0 Å². The van der Waals surface area contributed by atoms with Crippen LogP contribution in [-0.2, 0) is 0 Å². The molecule has 1 fully saturated rings. The second kappa shape index (κ2) is 10.8. The standard InChI is InChI=1S/C24H32Cl2N4O/c25-21-4-3-5-23(24(21)26)30-13-11-29(12-14-30)10-1-2-15-31-19-6-7-20-18(17-27)8-9-28-22(20)16-19/h3-7,16,18,28H,1-2,8-15,17,27H2. The van der Waals surface area contributed by atoms with Crippen molar-refractivity contribution in [2.24, 2.45) is 5.73 Å². The maximum atomic E-state index is 6.37. The number of nitrogens with zero attached hydrogens (tertiary/aromatic N) is 2. The van der Waals surface area contributed by atoms with Gasteiger partial charge in [-0.3, -0.25) is 4.90 Å². The van der Waals surface area contributed by atoms with Crippen LogP contribution < -0.4 is 20.7 Å². The number of halogens is 2. The fourth-order valence-corrected chi connectivity index (χ4v) is 4.91. The molecule has 0 radical (unpaired) electrons. The van der Waals surface area contributed by atoms with Crippen molar-refractivity contribution in [2.45, 2.75) is 25.2 Å². The summed E-state index contributed by atoms with van der Waals surface area (Å²) in [4.78, 5) is 4.85. The fourth-order valence-electron chi connectivity index (χ4n) is 4.49. The molecule has 0 saturated carbocycles. The number of anilines is 2. The highest BCUT2D eigenvalue weighted by molar-refractivity contribution is 6.43. The lowest BCUT2D eigenvalue weighted by Gasteiger charge is -2.36. The summed E-state index contributed by atoms with van der Waals surface area (Å²) in [5.74, 6) is 1.40. The van der Waals surface area contributed by atoms with Gasteiger partial charge in [0.2, 0.25) is 0 Å². The van der Waals surface area contributed by atoms with Gasteiger partial charge in [-0.15, -0.1) is 0 Å². The van der Waals surface area contributed by atoms with Crippen LogP contribution >= 0.6 is 23.2 Å². The van der Waals surface area contributed by atoms with E-state index in [0.29, 0.717) is 22.5 Å². The fraction of sp³-hybridized carbons (Fsp3) is 0.500. The number of nitrogens with two attached hydrogens (primary N) is 1. The molecule has 1 atom stereocenters. The Morgan fingerprint density at radius 2 is 1.90 bits per heavy atom. The summed E-state index contributed by atoms with van der Waals surface area (Å²) >= 11 is 12.5. The first-order valence-electron chi connectivity index (χ1n) is 11.3. The van der Waals surface area contributed by atoms with E-state index >= 15 is 0 Å². The monoisotopic (exact) mass is 462 g/mol. The Kier molecular flexibility index (Phi) is 7.83. The lowest BCUT2D eigenvalue weighted by atomic mass is 9.91. The van der Waals surface area contributed by atoms with Crippen LogP contribution in [0.4, 0.5) is 11.4 Å². The maximum absolute atomic E-state index is 6.37. The number of ether oxygens (including phenoxy) is 1. The zero-order chi connectivity index (χ0) is 21.6. The topological polar surface area (TPSA) is 53.8 Å². The number of hydrogen-bond acceptors (Lipinski definition) is 5. The van der Waals surface area contributed by atoms with E-state index < -0.39 is 0 Å². The molecule has 0 bridgehead atoms. The smallest absolute Gasteiger partial charge is 0.121 e. The van der Waals surface area contributed by atoms with Crippen LogP contribution in [0.5, 0.6) is 5.75 Å². The highest BCUT2D eigenvalue weighted by Crippen LogP contribution is 2.34. The molecule has 2 aromatic rings. The molecular formula is C24H32Cl2N4O. The summed E-state index contributed by atoms with van der Waals surface area (Å²) in [7, 11) is 0. The lowest BCUT2D eigenvalue weighted by Crippen LogP contribution is -2.46. The van der Waals surface area contributed by atoms with Crippen molar-refractivity contribution in [2.75, 3.05) is 62.6 Å². The van der Waals surface area contributed by atoms with Crippen molar-refractivity contribution >= 4 is 34.6 Å². The van der Waals surface area contributed by atoms with Gasteiger partial charge in [-0.1, -0.05) is 35.3 Å². The number of fused-ring (bicyclic) bond motifs is 1. The van der Waals surface area contributed by atoms with E-state index in [9.17, 15) is 0 Å². The average molecular weight is 463 g/mol. The molecule has 31 heavy (non-hydrogen) atoms. The molecule has 2 heterocycles. The van der Waals surface area contributed by atoms with Gasteiger partial charge in [0.1, 0.15) is 5.75 Å². The Balaban J connectivity index is 1.16. The van der Waals surface area contributed by atoms with Gasteiger partial charge in [-0.2, -0.15) is 0 Å². The SMILES string of the molecule is NCC1CCNc2cc(OCCCCN3CCN(c4cccc(Cl)c4Cl)CC3)ccc21. The van der Waals surface area contributed by atoms with E-state index in [-0.39, 0.29) is 0 Å². The molecule has 0 aliphatic carbocycles. The molecule has 2 aliphatic rings. The van der Waals surface area contributed by atoms with E-state index in [0.717, 1.165) is 76.6 Å². The number of benzene rings is 2. The summed E-state index contributed by atoms with van der Waals surface area (Å²) in [5.41, 5.74) is 9.44. The first-order chi connectivity index (χ1) is 15.2. The summed E-state index contributed by atoms with van der Waals surface area (Å²) in [6, 6.07) is 12.2. The third-order valence-corrected chi connectivity index (χ3v) is 7.15. The number of hydrogen-bond donors (Lipinski definition) is 2. The van der Waals surface area contributed by atoms with Crippen molar-refractivity contribution in [1.82, 2.24) is 4.90 Å². The average Bonchev–Trinajstić information content (AvgIpc) is 2.80. The van der Waals surface area contributed by atoms with E-state index in [1.54, 1.807) is 0 Å². The number of nitrogens with one attached hydrogen (secondary N) is 1. The second-order valence-electron chi connectivity index (χ2n) is 8.35. The first kappa shape index (κ1) is 22.5. The molecule has 2 aliphatic heterocycles. The summed E-state index contributed by atoms with van der Waals surface area (Å²) in [6.07, 6.45) is 3.29. The van der Waals surface area contributed by atoms with Crippen LogP contribution in [-0.4, -0.2) is 57.3 Å². The minimum absolute atomic E-state index is 0.459. The molecule has 0 aromatic heterocycles. The Bertz CT molecular complexity index is 871. The van der Waals surface area contributed by atoms with Crippen LogP contribution in [0, 0.1) is 0 Å². The van der Waals surface area contributed by atoms with E-state index in [4.69, 9.17) is 33.7 Å². The Labute approximate surface area is 195 Å². The van der Waals surface area contributed by atoms with Gasteiger partial charge in [-0.25, -0.2) is 0 Å². The lowest BCUT2D eigenvalue weighted by molar-refractivity contribution is 0.238. The van der Waals surface area contributed by atoms with Crippen LogP contribution in [0.2, 0.25) is 10.0 Å². The number of piperazine rings is 1. The van der Waals surface area contributed by atoms with Crippen molar-refractivity contribution in [3.8, 4) is 5.75 Å². The molecule has 5 nitrogen and oxygen atoms in total. The van der Waals surface area contributed by atoms with Gasteiger partial charge in [0, 0.05) is 44.5 Å². The van der Waals surface area contributed by atoms with E-state index in [1.165, 1.54) is 11.3 Å². The van der Waals surface area contributed by atoms with E-state index in [1.807, 2.05) is 18.2 Å². The molecule has 1 saturated heterocycles. The maximum Gasteiger partial charge on any atom is 0.121 e. The number of unbranched alkanes of at least 4 members (excludes halogenated alkanes) is 1. The van der Waals surface area contributed by atoms with Gasteiger partial charge < -0.3 is 20.7 Å². The molecule has 7 heteroatoms. The van der Waals surface area contributed by atoms with Gasteiger partial charge in [-0.05, 0) is 62.0 Å². The van der Waals surface area contributed by atoms with Crippen molar-refractivity contribution < 1.29 is 4.74 Å². The molecule has 168 valence electrons. The zero-order valence-electron chi connectivity index (χ0n) is 18.0. The molecule has 4 rings (SSSR count). The number of rotatable bonds is 8. The molecule has 2 aromatic carbocycles. The van der Waals surface area contributed by atoms with Crippen LogP contribution in [0.15, 0.2) is 36.4 Å². The Morgan fingerprint density at radius 3 is 2.71 bits per heavy atom. The highest BCUT2D eigenvalue weighted by Gasteiger charge is 2.20. The summed E-state index contributed by atoms with van der Waals surface area (Å²) < 4.78 is 6.00. The normalized spacial score (nSPS) is 19.1. The van der Waals surface area contributed by atoms with Crippen molar-refractivity contribution in [3.63, 3.8) is 0 Å². The van der Waals surface area contributed by atoms with Gasteiger partial charge >= 0.3 is 0 Å².